The van der Waals surface area contributed by atoms with E-state index in [4.69, 9.17) is 4.74 Å². The Labute approximate surface area is 182 Å². The van der Waals surface area contributed by atoms with Crippen molar-refractivity contribution in [3.8, 4) is 5.75 Å². The van der Waals surface area contributed by atoms with Crippen molar-refractivity contribution >= 4 is 23.2 Å². The maximum Gasteiger partial charge on any atom is 0.253 e. The van der Waals surface area contributed by atoms with Crippen LogP contribution in [0.5, 0.6) is 5.75 Å². The lowest BCUT2D eigenvalue weighted by Crippen LogP contribution is -2.43. The fourth-order valence-corrected chi connectivity index (χ4v) is 4.18. The zero-order chi connectivity index (χ0) is 21.3. The Hall–Kier alpha value is -2.41. The van der Waals surface area contributed by atoms with E-state index in [1.807, 2.05) is 29.3 Å². The summed E-state index contributed by atoms with van der Waals surface area (Å²) in [6, 6.07) is 7.25. The van der Waals surface area contributed by atoms with Crippen LogP contribution in [-0.2, 0) is 11.4 Å². The zero-order valence-electron chi connectivity index (χ0n) is 17.9. The lowest BCUT2D eigenvalue weighted by atomic mass is 9.95. The number of carbonyl (C=O) groups is 2. The van der Waals surface area contributed by atoms with E-state index in [9.17, 15) is 9.59 Å². The van der Waals surface area contributed by atoms with Crippen molar-refractivity contribution in [2.75, 3.05) is 19.6 Å². The number of unbranched alkanes of at least 4 members (excludes halogenated alkanes) is 2. The molecular formula is C23H31N3O3S. The largest absolute Gasteiger partial charge is 0.487 e. The second-order valence-corrected chi connectivity index (χ2v) is 8.80. The number of aromatic nitrogens is 1. The molecule has 6 nitrogen and oxygen atoms in total. The molecule has 1 aromatic heterocycles. The topological polar surface area (TPSA) is 71.5 Å². The number of piperidine rings is 1. The lowest BCUT2D eigenvalue weighted by Gasteiger charge is -2.31. The minimum Gasteiger partial charge on any atom is -0.487 e. The Morgan fingerprint density at radius 1 is 1.20 bits per heavy atom. The predicted octanol–water partition coefficient (Wildman–Crippen LogP) is 4.19. The molecule has 2 heterocycles. The second kappa shape index (κ2) is 11.1. The molecule has 162 valence electrons. The molecule has 0 atom stereocenters. The fourth-order valence-electron chi connectivity index (χ4n) is 3.58. The molecule has 0 spiro atoms. The number of likely N-dealkylation sites (tertiary alicyclic amines) is 1. The third kappa shape index (κ3) is 6.29. The molecule has 1 saturated heterocycles. The summed E-state index contributed by atoms with van der Waals surface area (Å²) in [6.45, 7) is 6.53. The van der Waals surface area contributed by atoms with Crippen LogP contribution >= 0.6 is 11.3 Å². The van der Waals surface area contributed by atoms with Crippen molar-refractivity contribution in [1.29, 1.82) is 0 Å². The second-order valence-electron chi connectivity index (χ2n) is 7.74. The first-order valence-electron chi connectivity index (χ1n) is 10.8. The number of benzene rings is 1. The first-order valence-corrected chi connectivity index (χ1v) is 11.7. The van der Waals surface area contributed by atoms with Crippen molar-refractivity contribution in [3.05, 3.63) is 45.9 Å². The molecule has 3 rings (SSSR count). The van der Waals surface area contributed by atoms with Gasteiger partial charge in [-0.15, -0.1) is 11.3 Å². The van der Waals surface area contributed by atoms with E-state index < -0.39 is 0 Å². The molecular weight excluding hydrogens is 398 g/mol. The minimum atomic E-state index is 0.0125. The molecule has 0 radical (unpaired) electrons. The van der Waals surface area contributed by atoms with Gasteiger partial charge in [0.25, 0.3) is 5.91 Å². The highest BCUT2D eigenvalue weighted by Gasteiger charge is 2.27. The smallest absolute Gasteiger partial charge is 0.253 e. The van der Waals surface area contributed by atoms with Gasteiger partial charge in [0.05, 0.1) is 10.7 Å². The molecule has 0 saturated carbocycles. The van der Waals surface area contributed by atoms with Gasteiger partial charge in [0.1, 0.15) is 12.4 Å². The zero-order valence-corrected chi connectivity index (χ0v) is 18.7. The molecule has 0 aliphatic carbocycles. The molecule has 1 aliphatic rings. The van der Waals surface area contributed by atoms with Crippen LogP contribution in [0.1, 0.15) is 60.1 Å². The van der Waals surface area contributed by atoms with E-state index in [1.54, 1.807) is 23.5 Å². The Morgan fingerprint density at radius 2 is 1.93 bits per heavy atom. The maximum atomic E-state index is 12.8. The summed E-state index contributed by atoms with van der Waals surface area (Å²) in [7, 11) is 0. The number of amides is 2. The third-order valence-electron chi connectivity index (χ3n) is 5.39. The highest BCUT2D eigenvalue weighted by molar-refractivity contribution is 7.09. The monoisotopic (exact) mass is 429 g/mol. The van der Waals surface area contributed by atoms with Crippen molar-refractivity contribution < 1.29 is 14.3 Å². The van der Waals surface area contributed by atoms with Gasteiger partial charge in [0, 0.05) is 36.5 Å². The van der Waals surface area contributed by atoms with Gasteiger partial charge in [-0.3, -0.25) is 9.59 Å². The van der Waals surface area contributed by atoms with Crippen LogP contribution in [0.2, 0.25) is 0 Å². The number of rotatable bonds is 9. The summed E-state index contributed by atoms with van der Waals surface area (Å²) in [5, 5.41) is 6.04. The predicted molar refractivity (Wildman–Crippen MR) is 119 cm³/mol. The lowest BCUT2D eigenvalue weighted by molar-refractivity contribution is -0.126. The van der Waals surface area contributed by atoms with Crippen molar-refractivity contribution in [2.45, 2.75) is 52.6 Å². The van der Waals surface area contributed by atoms with Gasteiger partial charge in [0.2, 0.25) is 5.91 Å². The number of hydrogen-bond acceptors (Lipinski definition) is 5. The van der Waals surface area contributed by atoms with Gasteiger partial charge in [-0.05, 0) is 50.5 Å². The fraction of sp³-hybridized carbons (Fsp3) is 0.522. The van der Waals surface area contributed by atoms with Gasteiger partial charge >= 0.3 is 0 Å². The number of thiazole rings is 1. The number of hydrogen-bond donors (Lipinski definition) is 1. The van der Waals surface area contributed by atoms with Gasteiger partial charge in [-0.1, -0.05) is 19.8 Å². The Bertz CT molecular complexity index is 826. The molecule has 1 N–H and O–H groups in total. The average molecular weight is 430 g/mol. The molecule has 0 bridgehead atoms. The summed E-state index contributed by atoms with van der Waals surface area (Å²) >= 11 is 1.60. The van der Waals surface area contributed by atoms with E-state index in [1.165, 1.54) is 0 Å². The van der Waals surface area contributed by atoms with E-state index in [0.29, 0.717) is 25.3 Å². The number of aryl methyl sites for hydroxylation is 1. The first kappa shape index (κ1) is 22.3. The highest BCUT2D eigenvalue weighted by atomic mass is 32.1. The molecule has 30 heavy (non-hydrogen) atoms. The summed E-state index contributed by atoms with van der Waals surface area (Å²) in [6.07, 6.45) is 4.76. The van der Waals surface area contributed by atoms with E-state index >= 15 is 0 Å². The molecule has 2 aromatic rings. The Morgan fingerprint density at radius 3 is 2.57 bits per heavy atom. The van der Waals surface area contributed by atoms with E-state index in [0.717, 1.165) is 55.1 Å². The molecule has 7 heteroatoms. The van der Waals surface area contributed by atoms with Crippen molar-refractivity contribution in [3.63, 3.8) is 0 Å². The molecule has 1 fully saturated rings. The van der Waals surface area contributed by atoms with E-state index in [2.05, 4.69) is 17.2 Å². The van der Waals surface area contributed by atoms with Crippen LogP contribution in [0.4, 0.5) is 0 Å². The van der Waals surface area contributed by atoms with Crippen LogP contribution in [0, 0.1) is 12.8 Å². The number of nitrogens with one attached hydrogen (secondary N) is 1. The number of carbonyl (C=O) groups excluding carboxylic acids is 2. The Balaban J connectivity index is 1.43. The summed E-state index contributed by atoms with van der Waals surface area (Å²) in [4.78, 5) is 31.3. The van der Waals surface area contributed by atoms with Crippen LogP contribution < -0.4 is 10.1 Å². The number of nitrogens with zero attached hydrogens (tertiary/aromatic N) is 2. The molecule has 2 amide bonds. The van der Waals surface area contributed by atoms with Gasteiger partial charge in [-0.2, -0.15) is 0 Å². The standard InChI is InChI=1S/C23H31N3O3S/c1-3-4-5-12-24-22(27)18-10-13-26(14-11-18)23(28)19-6-8-21(9-7-19)29-15-20-16-30-17(2)25-20/h6-9,16,18H,3-5,10-15H2,1-2H3,(H,24,27). The van der Waals surface area contributed by atoms with Crippen LogP contribution in [-0.4, -0.2) is 41.3 Å². The molecule has 0 unspecified atom stereocenters. The maximum absolute atomic E-state index is 12.8. The van der Waals surface area contributed by atoms with E-state index in [-0.39, 0.29) is 17.7 Å². The quantitative estimate of drug-likeness (QED) is 0.607. The molecule has 1 aliphatic heterocycles. The van der Waals surface area contributed by atoms with Crippen LogP contribution in [0.3, 0.4) is 0 Å². The van der Waals surface area contributed by atoms with Crippen LogP contribution in [0.15, 0.2) is 29.6 Å². The highest BCUT2D eigenvalue weighted by Crippen LogP contribution is 2.21. The third-order valence-corrected chi connectivity index (χ3v) is 6.21. The van der Waals surface area contributed by atoms with Crippen molar-refractivity contribution in [1.82, 2.24) is 15.2 Å². The normalized spacial score (nSPS) is 14.5. The van der Waals surface area contributed by atoms with Crippen LogP contribution in [0.25, 0.3) is 0 Å². The average Bonchev–Trinajstić information content (AvgIpc) is 3.20. The first-order chi connectivity index (χ1) is 14.6. The van der Waals surface area contributed by atoms with Gasteiger partial charge in [0.15, 0.2) is 0 Å². The minimum absolute atomic E-state index is 0.0125. The SMILES string of the molecule is CCCCCNC(=O)C1CCN(C(=O)c2ccc(OCc3csc(C)n3)cc2)CC1. The summed E-state index contributed by atoms with van der Waals surface area (Å²) in [5.41, 5.74) is 1.56. The van der Waals surface area contributed by atoms with Gasteiger partial charge in [-0.25, -0.2) is 4.98 Å². The summed E-state index contributed by atoms with van der Waals surface area (Å²) in [5.74, 6) is 0.880. The number of ether oxygens (including phenoxy) is 1. The Kier molecular flexibility index (Phi) is 8.25. The summed E-state index contributed by atoms with van der Waals surface area (Å²) < 4.78 is 5.75. The van der Waals surface area contributed by atoms with Gasteiger partial charge < -0.3 is 15.0 Å². The molecule has 1 aromatic carbocycles. The van der Waals surface area contributed by atoms with Crippen molar-refractivity contribution in [2.24, 2.45) is 5.92 Å².